The maximum atomic E-state index is 8.96. The van der Waals surface area contributed by atoms with Crippen LogP contribution >= 0.6 is 0 Å². The van der Waals surface area contributed by atoms with Crippen molar-refractivity contribution in [1.29, 1.82) is 0 Å². The maximum Gasteiger partial charge on any atom is 0.222 e. The van der Waals surface area contributed by atoms with Gasteiger partial charge in [-0.1, -0.05) is 11.6 Å². The highest BCUT2D eigenvalue weighted by atomic mass is 16.3. The number of H-pyrrole nitrogens is 1. The van der Waals surface area contributed by atoms with Gasteiger partial charge in [0.25, 0.3) is 0 Å². The summed E-state index contributed by atoms with van der Waals surface area (Å²) in [4.78, 5) is 15.0. The first-order chi connectivity index (χ1) is 8.11. The van der Waals surface area contributed by atoms with Crippen LogP contribution in [-0.2, 0) is 0 Å². The molecule has 0 bridgehead atoms. The van der Waals surface area contributed by atoms with E-state index in [-0.39, 0.29) is 12.6 Å². The summed E-state index contributed by atoms with van der Waals surface area (Å²) in [6.45, 7) is 1.74. The maximum absolute atomic E-state index is 8.96. The molecule has 6 N–H and O–H groups in total. The molecule has 2 aromatic rings. The smallest absolute Gasteiger partial charge is 0.222 e. The molecule has 0 spiro atoms. The van der Waals surface area contributed by atoms with Gasteiger partial charge in [-0.3, -0.25) is 0 Å². The minimum atomic E-state index is -0.463. The van der Waals surface area contributed by atoms with E-state index in [1.807, 2.05) is 0 Å². The normalized spacial score (nSPS) is 14.2. The number of nitrogen functional groups attached to an aromatic ring is 1. The molecular weight excluding hydrogens is 220 g/mol. The first-order valence-corrected chi connectivity index (χ1v) is 5.12. The number of aliphatic hydroxyl groups excluding tert-OH is 1. The lowest BCUT2D eigenvalue weighted by Gasteiger charge is -2.08. The van der Waals surface area contributed by atoms with Gasteiger partial charge in [0.2, 0.25) is 5.95 Å². The molecule has 17 heavy (non-hydrogen) atoms. The van der Waals surface area contributed by atoms with Crippen molar-refractivity contribution in [1.82, 2.24) is 19.9 Å². The highest BCUT2D eigenvalue weighted by molar-refractivity contribution is 5.74. The molecule has 0 saturated carbocycles. The predicted molar refractivity (Wildman–Crippen MR) is 63.9 cm³/mol. The SMILES string of the molecule is CC(=CC(N)c1nc(N)nc2nc[nH]c12)CO. The van der Waals surface area contributed by atoms with Crippen LogP contribution in [0.4, 0.5) is 5.95 Å². The van der Waals surface area contributed by atoms with E-state index in [1.54, 1.807) is 13.0 Å². The van der Waals surface area contributed by atoms with Gasteiger partial charge in [0.1, 0.15) is 5.52 Å². The topological polar surface area (TPSA) is 127 Å². The van der Waals surface area contributed by atoms with E-state index in [9.17, 15) is 0 Å². The van der Waals surface area contributed by atoms with E-state index in [2.05, 4.69) is 19.9 Å². The Morgan fingerprint density at radius 2 is 2.35 bits per heavy atom. The molecule has 0 amide bonds. The number of nitrogens with two attached hydrogens (primary N) is 2. The monoisotopic (exact) mass is 234 g/mol. The van der Waals surface area contributed by atoms with E-state index in [1.165, 1.54) is 6.33 Å². The summed E-state index contributed by atoms with van der Waals surface area (Å²) in [6, 6.07) is -0.463. The van der Waals surface area contributed by atoms with Crippen LogP contribution in [0, 0.1) is 0 Å². The van der Waals surface area contributed by atoms with Crippen molar-refractivity contribution in [3.8, 4) is 0 Å². The fraction of sp³-hybridized carbons (Fsp3) is 0.300. The van der Waals surface area contributed by atoms with Crippen LogP contribution < -0.4 is 11.5 Å². The molecule has 0 aliphatic rings. The Balaban J connectivity index is 2.50. The van der Waals surface area contributed by atoms with Crippen molar-refractivity contribution in [2.45, 2.75) is 13.0 Å². The van der Waals surface area contributed by atoms with E-state index >= 15 is 0 Å². The van der Waals surface area contributed by atoms with Gasteiger partial charge in [0.15, 0.2) is 5.65 Å². The number of rotatable bonds is 3. The van der Waals surface area contributed by atoms with E-state index in [0.717, 1.165) is 5.57 Å². The minimum Gasteiger partial charge on any atom is -0.392 e. The number of nitrogens with one attached hydrogen (secondary N) is 1. The Hall–Kier alpha value is -1.99. The number of nitrogens with zero attached hydrogens (tertiary/aromatic N) is 3. The van der Waals surface area contributed by atoms with Gasteiger partial charge in [-0.25, -0.2) is 9.97 Å². The van der Waals surface area contributed by atoms with Crippen LogP contribution in [-0.4, -0.2) is 31.6 Å². The number of hydrogen-bond donors (Lipinski definition) is 4. The molecule has 7 heteroatoms. The Kier molecular flexibility index (Phi) is 3.03. The van der Waals surface area contributed by atoms with Gasteiger partial charge >= 0.3 is 0 Å². The highest BCUT2D eigenvalue weighted by Crippen LogP contribution is 2.19. The molecule has 0 saturated heterocycles. The zero-order chi connectivity index (χ0) is 12.4. The van der Waals surface area contributed by atoms with Crippen LogP contribution in [0.5, 0.6) is 0 Å². The summed E-state index contributed by atoms with van der Waals surface area (Å²) in [5.41, 5.74) is 14.0. The number of anilines is 1. The molecule has 2 aromatic heterocycles. The molecule has 7 nitrogen and oxygen atoms in total. The van der Waals surface area contributed by atoms with Crippen molar-refractivity contribution in [3.63, 3.8) is 0 Å². The first kappa shape index (κ1) is 11.5. The van der Waals surface area contributed by atoms with Gasteiger partial charge in [-0.05, 0) is 6.92 Å². The molecule has 0 aromatic carbocycles. The zero-order valence-electron chi connectivity index (χ0n) is 9.38. The summed E-state index contributed by atoms with van der Waals surface area (Å²) in [5.74, 6) is 0.130. The van der Waals surface area contributed by atoms with E-state index in [0.29, 0.717) is 16.9 Å². The van der Waals surface area contributed by atoms with Crippen molar-refractivity contribution >= 4 is 17.1 Å². The van der Waals surface area contributed by atoms with Gasteiger partial charge in [0.05, 0.1) is 24.7 Å². The fourth-order valence-corrected chi connectivity index (χ4v) is 1.55. The number of aromatic nitrogens is 4. The summed E-state index contributed by atoms with van der Waals surface area (Å²) >= 11 is 0. The summed E-state index contributed by atoms with van der Waals surface area (Å²) in [7, 11) is 0. The Morgan fingerprint density at radius 1 is 1.59 bits per heavy atom. The van der Waals surface area contributed by atoms with Crippen LogP contribution in [0.3, 0.4) is 0 Å². The second-order valence-corrected chi connectivity index (χ2v) is 3.77. The lowest BCUT2D eigenvalue weighted by atomic mass is 10.1. The largest absolute Gasteiger partial charge is 0.392 e. The van der Waals surface area contributed by atoms with Gasteiger partial charge in [-0.2, -0.15) is 4.98 Å². The van der Waals surface area contributed by atoms with Gasteiger partial charge in [0, 0.05) is 0 Å². The molecule has 0 aliphatic heterocycles. The Bertz CT molecular complexity index is 561. The lowest BCUT2D eigenvalue weighted by Crippen LogP contribution is -2.13. The number of fused-ring (bicyclic) bond motifs is 1. The summed E-state index contributed by atoms with van der Waals surface area (Å²) in [5, 5.41) is 8.96. The average molecular weight is 234 g/mol. The van der Waals surface area contributed by atoms with Crippen LogP contribution in [0.15, 0.2) is 18.0 Å². The lowest BCUT2D eigenvalue weighted by molar-refractivity contribution is 0.330. The molecule has 90 valence electrons. The molecule has 2 rings (SSSR count). The minimum absolute atomic E-state index is 0.0413. The molecular formula is C10H14N6O. The first-order valence-electron chi connectivity index (χ1n) is 5.12. The Morgan fingerprint density at radius 3 is 3.06 bits per heavy atom. The van der Waals surface area contributed by atoms with E-state index in [4.69, 9.17) is 16.6 Å². The third kappa shape index (κ3) is 2.24. The van der Waals surface area contributed by atoms with Crippen LogP contribution in [0.25, 0.3) is 11.2 Å². The van der Waals surface area contributed by atoms with Gasteiger partial charge in [-0.15, -0.1) is 0 Å². The second-order valence-electron chi connectivity index (χ2n) is 3.77. The van der Waals surface area contributed by atoms with Crippen LogP contribution in [0.2, 0.25) is 0 Å². The second kappa shape index (κ2) is 4.48. The highest BCUT2D eigenvalue weighted by Gasteiger charge is 2.13. The number of hydrogen-bond acceptors (Lipinski definition) is 6. The summed E-state index contributed by atoms with van der Waals surface area (Å²) < 4.78 is 0. The van der Waals surface area contributed by atoms with E-state index < -0.39 is 6.04 Å². The van der Waals surface area contributed by atoms with Crippen molar-refractivity contribution < 1.29 is 5.11 Å². The fourth-order valence-electron chi connectivity index (χ4n) is 1.55. The quantitative estimate of drug-likeness (QED) is 0.548. The molecule has 2 heterocycles. The number of imidazole rings is 1. The molecule has 1 atom stereocenters. The zero-order valence-corrected chi connectivity index (χ0v) is 9.38. The summed E-state index contributed by atoms with van der Waals surface area (Å²) in [6.07, 6.45) is 3.24. The van der Waals surface area contributed by atoms with Crippen molar-refractivity contribution in [3.05, 3.63) is 23.7 Å². The third-order valence-electron chi connectivity index (χ3n) is 2.36. The standard InChI is InChI=1S/C10H14N6O/c1-5(3-17)2-6(11)7-8-9(14-4-13-8)16-10(12)15-7/h2,4,6,17H,3,11H2,1H3,(H3,12,13,14,15,16). The van der Waals surface area contributed by atoms with Crippen molar-refractivity contribution in [2.24, 2.45) is 5.73 Å². The Labute approximate surface area is 97.6 Å². The van der Waals surface area contributed by atoms with Crippen molar-refractivity contribution in [2.75, 3.05) is 12.3 Å². The molecule has 1 unspecified atom stereocenters. The number of aliphatic hydroxyl groups is 1. The molecule has 0 fully saturated rings. The predicted octanol–water partition coefficient (Wildman–Crippen LogP) is -0.127. The average Bonchev–Trinajstić information content (AvgIpc) is 2.75. The van der Waals surface area contributed by atoms with Gasteiger partial charge < -0.3 is 21.6 Å². The third-order valence-corrected chi connectivity index (χ3v) is 2.36. The number of aromatic amines is 1. The molecule has 0 aliphatic carbocycles. The van der Waals surface area contributed by atoms with Crippen LogP contribution in [0.1, 0.15) is 18.7 Å². The molecule has 0 radical (unpaired) electrons.